The summed E-state index contributed by atoms with van der Waals surface area (Å²) in [6.07, 6.45) is -6.91. The van der Waals surface area contributed by atoms with Crippen LogP contribution in [0, 0.1) is 28.1 Å². The number of ether oxygens (including phenoxy) is 4. The lowest BCUT2D eigenvalue weighted by Gasteiger charge is -2.47. The first-order valence-electron chi connectivity index (χ1n) is 10.2. The molecule has 0 radical (unpaired) electrons. The molecule has 10 nitrogen and oxygen atoms in total. The van der Waals surface area contributed by atoms with Crippen molar-refractivity contribution in [3.8, 4) is 0 Å². The predicted molar refractivity (Wildman–Crippen MR) is 92.0 cm³/mol. The van der Waals surface area contributed by atoms with Crippen LogP contribution in [-0.4, -0.2) is 75.1 Å². The maximum atomic E-state index is 13.4. The van der Waals surface area contributed by atoms with Crippen molar-refractivity contribution < 1.29 is 48.7 Å². The first-order chi connectivity index (χ1) is 13.8. The number of carbonyl (C=O) groups is 3. The van der Waals surface area contributed by atoms with Gasteiger partial charge in [0, 0.05) is 0 Å². The first-order valence-corrected chi connectivity index (χ1v) is 10.2. The zero-order valence-corrected chi connectivity index (χ0v) is 16.9. The zero-order valence-electron chi connectivity index (χ0n) is 16.9. The van der Waals surface area contributed by atoms with Gasteiger partial charge in [0.15, 0.2) is 17.8 Å². The first kappa shape index (κ1) is 19.0. The highest BCUT2D eigenvalue weighted by Gasteiger charge is 3.03. The van der Waals surface area contributed by atoms with Crippen LogP contribution in [0.5, 0.6) is 0 Å². The van der Waals surface area contributed by atoms with Crippen molar-refractivity contribution in [2.24, 2.45) is 28.1 Å². The molecule has 4 heterocycles. The van der Waals surface area contributed by atoms with E-state index in [1.165, 1.54) is 6.92 Å². The number of aliphatic hydroxyl groups is 3. The highest BCUT2D eigenvalue weighted by molar-refractivity contribution is 5.94. The lowest BCUT2D eigenvalue weighted by atomic mass is 9.51. The van der Waals surface area contributed by atoms with E-state index in [4.69, 9.17) is 18.9 Å². The standard InChI is InChI=1S/C20H24O10/c1-6-12(23)28-11-9(21)18-8-5-7(16(2,3)4)17(18)10(22)13(24)29-15(17)30-20(18,14(25)27-8)19(6,11)26/h6-11,15,21-22,26H,5H2,1-4H3/t6-,7+,8-,9-,10+,11+,15+,17+,18?,19-,20-/m1/s1. The summed E-state index contributed by atoms with van der Waals surface area (Å²) in [5.74, 6) is -4.32. The van der Waals surface area contributed by atoms with Gasteiger partial charge >= 0.3 is 17.9 Å². The number of carbonyl (C=O) groups excluding carboxylic acids is 3. The summed E-state index contributed by atoms with van der Waals surface area (Å²) in [5.41, 5.74) is -8.26. The van der Waals surface area contributed by atoms with Crippen molar-refractivity contribution in [2.45, 2.75) is 76.0 Å². The van der Waals surface area contributed by atoms with Crippen molar-refractivity contribution in [3.05, 3.63) is 0 Å². The Balaban J connectivity index is 1.72. The lowest BCUT2D eigenvalue weighted by molar-refractivity contribution is -0.239. The van der Waals surface area contributed by atoms with Crippen LogP contribution in [0.2, 0.25) is 0 Å². The fourth-order valence-corrected chi connectivity index (χ4v) is 8.12. The van der Waals surface area contributed by atoms with Crippen molar-refractivity contribution >= 4 is 17.9 Å². The van der Waals surface area contributed by atoms with Crippen LogP contribution in [-0.2, 0) is 33.3 Å². The Kier molecular flexibility index (Phi) is 2.97. The van der Waals surface area contributed by atoms with Crippen molar-refractivity contribution in [2.75, 3.05) is 0 Å². The second-order valence-corrected chi connectivity index (χ2v) is 10.7. The van der Waals surface area contributed by atoms with Crippen LogP contribution in [0.4, 0.5) is 0 Å². The normalized spacial score (nSPS) is 60.1. The smallest absolute Gasteiger partial charge is 0.343 e. The summed E-state index contributed by atoms with van der Waals surface area (Å²) in [4.78, 5) is 38.2. The summed E-state index contributed by atoms with van der Waals surface area (Å²) >= 11 is 0. The molecule has 10 heteroatoms. The van der Waals surface area contributed by atoms with E-state index in [2.05, 4.69) is 0 Å². The summed E-state index contributed by atoms with van der Waals surface area (Å²) in [6.45, 7) is 7.14. The molecule has 0 bridgehead atoms. The quantitative estimate of drug-likeness (QED) is 0.314. The van der Waals surface area contributed by atoms with Crippen molar-refractivity contribution in [3.63, 3.8) is 0 Å². The maximum absolute atomic E-state index is 13.4. The molecule has 30 heavy (non-hydrogen) atoms. The summed E-state index contributed by atoms with van der Waals surface area (Å²) in [5, 5.41) is 34.7. The van der Waals surface area contributed by atoms with Crippen LogP contribution in [0.1, 0.15) is 34.1 Å². The molecule has 11 atom stereocenters. The van der Waals surface area contributed by atoms with E-state index in [0.29, 0.717) is 0 Å². The van der Waals surface area contributed by atoms with Crippen LogP contribution in [0.3, 0.4) is 0 Å². The molecule has 0 aromatic rings. The zero-order chi connectivity index (χ0) is 21.8. The minimum atomic E-state index is -2.24. The van der Waals surface area contributed by atoms with Crippen LogP contribution in [0.15, 0.2) is 0 Å². The largest absolute Gasteiger partial charge is 0.459 e. The average molecular weight is 424 g/mol. The molecule has 0 amide bonds. The molecule has 3 N–H and O–H groups in total. The molecule has 2 saturated carbocycles. The third-order valence-corrected chi connectivity index (χ3v) is 9.00. The molecule has 6 aliphatic rings. The Labute approximate surface area is 171 Å². The van der Waals surface area contributed by atoms with E-state index >= 15 is 0 Å². The Morgan fingerprint density at radius 1 is 1.03 bits per heavy atom. The molecule has 6 fully saturated rings. The molecule has 6 rings (SSSR count). The predicted octanol–water partition coefficient (Wildman–Crippen LogP) is -1.37. The molecule has 4 aliphatic heterocycles. The molecule has 0 aromatic heterocycles. The Bertz CT molecular complexity index is 925. The molecule has 1 unspecified atom stereocenters. The molecular formula is C20H24O10. The number of esters is 3. The maximum Gasteiger partial charge on any atom is 0.343 e. The molecular weight excluding hydrogens is 400 g/mol. The average Bonchev–Trinajstić information content (AvgIpc) is 3.35. The Morgan fingerprint density at radius 3 is 2.33 bits per heavy atom. The number of aliphatic hydroxyl groups excluding tert-OH is 2. The minimum Gasteiger partial charge on any atom is -0.459 e. The van der Waals surface area contributed by atoms with Crippen LogP contribution < -0.4 is 0 Å². The second kappa shape index (κ2) is 4.69. The summed E-state index contributed by atoms with van der Waals surface area (Å²) in [6, 6.07) is 0. The number of hydrogen-bond donors (Lipinski definition) is 3. The summed E-state index contributed by atoms with van der Waals surface area (Å²) in [7, 11) is 0. The Morgan fingerprint density at radius 2 is 1.70 bits per heavy atom. The van der Waals surface area contributed by atoms with Crippen LogP contribution in [0.25, 0.3) is 0 Å². The fourth-order valence-electron chi connectivity index (χ4n) is 8.12. The van der Waals surface area contributed by atoms with Crippen LogP contribution >= 0.6 is 0 Å². The van der Waals surface area contributed by atoms with Gasteiger partial charge in [-0.05, 0) is 24.7 Å². The third kappa shape index (κ3) is 1.33. The molecule has 164 valence electrons. The van der Waals surface area contributed by atoms with Gasteiger partial charge in [-0.1, -0.05) is 20.8 Å². The van der Waals surface area contributed by atoms with Crippen molar-refractivity contribution in [1.29, 1.82) is 0 Å². The van der Waals surface area contributed by atoms with E-state index in [1.54, 1.807) is 0 Å². The van der Waals surface area contributed by atoms with Crippen molar-refractivity contribution in [1.82, 2.24) is 0 Å². The van der Waals surface area contributed by atoms with Gasteiger partial charge in [-0.15, -0.1) is 0 Å². The molecule has 2 aliphatic carbocycles. The van der Waals surface area contributed by atoms with Gasteiger partial charge in [-0.2, -0.15) is 0 Å². The fraction of sp³-hybridized carbons (Fsp3) is 0.850. The topological polar surface area (TPSA) is 149 Å². The van der Waals surface area contributed by atoms with E-state index in [0.717, 1.165) is 0 Å². The SMILES string of the molecule is C[C@@H]1C(=O)O[C@H]2[C@@H](O)C34[C@H]5C[C@@H](C(C)(C)C)[C@]36[C@@H](OC(=O)[C@@H]6O)O[C@@]4(C(=O)O5)[C@@]12O. The number of hydrogen-bond acceptors (Lipinski definition) is 10. The third-order valence-electron chi connectivity index (χ3n) is 9.00. The molecule has 0 aromatic carbocycles. The van der Waals surface area contributed by atoms with Gasteiger partial charge in [0.05, 0.1) is 16.7 Å². The van der Waals surface area contributed by atoms with Gasteiger partial charge in [0.25, 0.3) is 0 Å². The highest BCUT2D eigenvalue weighted by Crippen LogP contribution is 2.84. The lowest BCUT2D eigenvalue weighted by Crippen LogP contribution is -2.67. The minimum absolute atomic E-state index is 0.229. The molecule has 2 spiro atoms. The van der Waals surface area contributed by atoms with E-state index < -0.39 is 87.9 Å². The summed E-state index contributed by atoms with van der Waals surface area (Å²) < 4.78 is 22.5. The van der Waals surface area contributed by atoms with Gasteiger partial charge in [0.2, 0.25) is 11.9 Å². The highest BCUT2D eigenvalue weighted by atomic mass is 16.8. The number of rotatable bonds is 0. The van der Waals surface area contributed by atoms with Gasteiger partial charge in [0.1, 0.15) is 12.2 Å². The van der Waals surface area contributed by atoms with Gasteiger partial charge < -0.3 is 34.3 Å². The van der Waals surface area contributed by atoms with Gasteiger partial charge in [-0.25, -0.2) is 9.59 Å². The monoisotopic (exact) mass is 424 g/mol. The number of fused-ring (bicyclic) bond motifs is 1. The van der Waals surface area contributed by atoms with Gasteiger partial charge in [-0.3, -0.25) is 4.79 Å². The van der Waals surface area contributed by atoms with E-state index in [-0.39, 0.29) is 6.42 Å². The molecule has 4 saturated heterocycles. The van der Waals surface area contributed by atoms with E-state index in [9.17, 15) is 29.7 Å². The Hall–Kier alpha value is -1.75. The second-order valence-electron chi connectivity index (χ2n) is 10.7. The van der Waals surface area contributed by atoms with E-state index in [1.807, 2.05) is 20.8 Å².